The summed E-state index contributed by atoms with van der Waals surface area (Å²) in [6.45, 7) is 4.13. The van der Waals surface area contributed by atoms with Crippen LogP contribution in [0.2, 0.25) is 0 Å². The van der Waals surface area contributed by atoms with E-state index in [-0.39, 0.29) is 22.3 Å². The quantitative estimate of drug-likeness (QED) is 0.595. The van der Waals surface area contributed by atoms with Gasteiger partial charge in [0.25, 0.3) is 11.1 Å². The fourth-order valence-electron chi connectivity index (χ4n) is 4.08. The number of hydrogen-bond acceptors (Lipinski definition) is 5. The lowest BCUT2D eigenvalue weighted by atomic mass is 10.0. The molecular weight excluding hydrogens is 444 g/mol. The van der Waals surface area contributed by atoms with Crippen molar-refractivity contribution in [2.45, 2.75) is 38.0 Å². The Morgan fingerprint density at radius 1 is 1.24 bits per heavy atom. The van der Waals surface area contributed by atoms with E-state index in [4.69, 9.17) is 4.74 Å². The molecule has 0 amide bonds. The molecule has 2 atom stereocenters. The van der Waals surface area contributed by atoms with Crippen LogP contribution >= 0.6 is 0 Å². The summed E-state index contributed by atoms with van der Waals surface area (Å²) in [5.74, 6) is -1.25. The van der Waals surface area contributed by atoms with Crippen molar-refractivity contribution in [3.05, 3.63) is 68.1 Å². The Morgan fingerprint density at radius 2 is 1.97 bits per heavy atom. The minimum absolute atomic E-state index is 0.0930. The summed E-state index contributed by atoms with van der Waals surface area (Å²) in [5, 5.41) is 7.49. The number of anilines is 1. The van der Waals surface area contributed by atoms with E-state index in [1.54, 1.807) is 0 Å². The molecule has 0 saturated carbocycles. The number of halogens is 4. The second kappa shape index (κ2) is 7.98. The van der Waals surface area contributed by atoms with Crippen molar-refractivity contribution in [1.82, 2.24) is 14.3 Å². The van der Waals surface area contributed by atoms with Gasteiger partial charge in [-0.05, 0) is 26.3 Å². The third-order valence-electron chi connectivity index (χ3n) is 6.02. The molecule has 1 unspecified atom stereocenters. The molecule has 1 aliphatic heterocycles. The summed E-state index contributed by atoms with van der Waals surface area (Å²) in [5.41, 5.74) is -3.09. The molecule has 2 aromatic heterocycles. The summed E-state index contributed by atoms with van der Waals surface area (Å²) in [6.07, 6.45) is -2.75. The number of nitrogens with zero attached hydrogens (tertiary/aromatic N) is 3. The number of ether oxygens (including phenoxy) is 1. The van der Waals surface area contributed by atoms with E-state index < -0.39 is 34.7 Å². The van der Waals surface area contributed by atoms with Crippen LogP contribution in [0.3, 0.4) is 0 Å². The number of nitrogens with one attached hydrogen (secondary N) is 1. The van der Waals surface area contributed by atoms with E-state index in [0.717, 1.165) is 10.7 Å². The van der Waals surface area contributed by atoms with Crippen molar-refractivity contribution in [2.24, 2.45) is 7.05 Å². The van der Waals surface area contributed by atoms with Crippen molar-refractivity contribution < 1.29 is 22.3 Å². The van der Waals surface area contributed by atoms with Crippen LogP contribution in [0.1, 0.15) is 37.4 Å². The van der Waals surface area contributed by atoms with Crippen molar-refractivity contribution in [3.63, 3.8) is 0 Å². The molecule has 7 nitrogen and oxygen atoms in total. The van der Waals surface area contributed by atoms with Crippen LogP contribution in [0, 0.1) is 5.82 Å². The van der Waals surface area contributed by atoms with Crippen LogP contribution in [0.15, 0.2) is 40.1 Å². The highest BCUT2D eigenvalue weighted by Crippen LogP contribution is 2.35. The Labute approximate surface area is 185 Å². The van der Waals surface area contributed by atoms with E-state index in [0.29, 0.717) is 31.1 Å². The topological polar surface area (TPSA) is 78.2 Å². The SMILES string of the molecule is C[C@@H](Nc1nn(C)c(=O)c2cc(=O)n(C3(C)CCOC3)cc12)c1cccc(C(F)(F)F)c1F. The number of pyridine rings is 1. The average Bonchev–Trinajstić information content (AvgIpc) is 3.18. The van der Waals surface area contributed by atoms with Crippen LogP contribution < -0.4 is 16.4 Å². The molecule has 1 saturated heterocycles. The van der Waals surface area contributed by atoms with Gasteiger partial charge in [0, 0.05) is 36.9 Å². The first-order valence-electron chi connectivity index (χ1n) is 10.3. The lowest BCUT2D eigenvalue weighted by Crippen LogP contribution is -2.39. The van der Waals surface area contributed by atoms with Gasteiger partial charge in [0.05, 0.1) is 29.1 Å². The first-order chi connectivity index (χ1) is 15.4. The highest BCUT2D eigenvalue weighted by Gasteiger charge is 2.36. The van der Waals surface area contributed by atoms with Crippen molar-refractivity contribution in [2.75, 3.05) is 18.5 Å². The second-order valence-electron chi connectivity index (χ2n) is 8.46. The number of aryl methyl sites for hydroxylation is 1. The molecule has 3 heterocycles. The summed E-state index contributed by atoms with van der Waals surface area (Å²) in [6, 6.07) is 3.34. The number of hydrogen-bond donors (Lipinski definition) is 1. The molecule has 4 rings (SSSR count). The molecular formula is C22H22F4N4O3. The van der Waals surface area contributed by atoms with Gasteiger partial charge in [-0.15, -0.1) is 0 Å². The van der Waals surface area contributed by atoms with Gasteiger partial charge >= 0.3 is 6.18 Å². The summed E-state index contributed by atoms with van der Waals surface area (Å²) < 4.78 is 62.0. The molecule has 1 aromatic carbocycles. The van der Waals surface area contributed by atoms with Gasteiger partial charge in [-0.2, -0.15) is 18.3 Å². The Morgan fingerprint density at radius 3 is 2.61 bits per heavy atom. The average molecular weight is 466 g/mol. The standard InChI is InChI=1S/C22H22F4N4O3/c1-12(13-5-4-6-16(18(13)23)22(24,25)26)27-19-15-10-30(21(2)7-8-33-11-21)17(31)9-14(15)20(32)29(3)28-19/h4-6,9-10,12H,7-8,11H2,1-3H3,(H,27,28)/t12-,21?/m1/s1. The third-order valence-corrected chi connectivity index (χ3v) is 6.02. The van der Waals surface area contributed by atoms with Crippen LogP contribution in [-0.4, -0.2) is 27.6 Å². The molecule has 0 bridgehead atoms. The predicted octanol–water partition coefficient (Wildman–Crippen LogP) is 3.56. The number of rotatable bonds is 4. The minimum atomic E-state index is -4.84. The van der Waals surface area contributed by atoms with E-state index in [2.05, 4.69) is 10.4 Å². The predicted molar refractivity (Wildman–Crippen MR) is 114 cm³/mol. The molecule has 1 N–H and O–H groups in total. The summed E-state index contributed by atoms with van der Waals surface area (Å²) >= 11 is 0. The normalized spacial score (nSPS) is 19.7. The molecule has 3 aromatic rings. The molecule has 0 aliphatic carbocycles. The number of alkyl halides is 3. The molecule has 0 radical (unpaired) electrons. The molecule has 1 aliphatic rings. The molecule has 0 spiro atoms. The zero-order valence-electron chi connectivity index (χ0n) is 18.2. The van der Waals surface area contributed by atoms with Gasteiger partial charge in [0.2, 0.25) is 0 Å². The lowest BCUT2D eigenvalue weighted by molar-refractivity contribution is -0.140. The van der Waals surface area contributed by atoms with E-state index in [1.807, 2.05) is 6.92 Å². The van der Waals surface area contributed by atoms with Gasteiger partial charge < -0.3 is 14.6 Å². The number of aromatic nitrogens is 3. The third kappa shape index (κ3) is 4.01. The van der Waals surface area contributed by atoms with Gasteiger partial charge in [-0.3, -0.25) is 9.59 Å². The maximum atomic E-state index is 14.7. The van der Waals surface area contributed by atoms with E-state index in [1.165, 1.54) is 36.9 Å². The highest BCUT2D eigenvalue weighted by molar-refractivity contribution is 5.90. The lowest BCUT2D eigenvalue weighted by Gasteiger charge is -2.26. The Kier molecular flexibility index (Phi) is 5.55. The van der Waals surface area contributed by atoms with Gasteiger partial charge in [-0.1, -0.05) is 12.1 Å². The van der Waals surface area contributed by atoms with Gasteiger partial charge in [0.15, 0.2) is 5.82 Å². The smallest absolute Gasteiger partial charge is 0.379 e. The van der Waals surface area contributed by atoms with E-state index >= 15 is 0 Å². The molecule has 176 valence electrons. The molecule has 1 fully saturated rings. The Balaban J connectivity index is 1.84. The highest BCUT2D eigenvalue weighted by atomic mass is 19.4. The van der Waals surface area contributed by atoms with Crippen molar-refractivity contribution in [3.8, 4) is 0 Å². The Bertz CT molecular complexity index is 1340. The summed E-state index contributed by atoms with van der Waals surface area (Å²) in [7, 11) is 1.39. The molecule has 11 heteroatoms. The van der Waals surface area contributed by atoms with Gasteiger partial charge in [-0.25, -0.2) is 9.07 Å². The van der Waals surface area contributed by atoms with Crippen molar-refractivity contribution in [1.29, 1.82) is 0 Å². The van der Waals surface area contributed by atoms with E-state index in [9.17, 15) is 27.2 Å². The van der Waals surface area contributed by atoms with Crippen LogP contribution in [0.5, 0.6) is 0 Å². The maximum Gasteiger partial charge on any atom is 0.419 e. The maximum absolute atomic E-state index is 14.7. The van der Waals surface area contributed by atoms with Crippen molar-refractivity contribution >= 4 is 16.6 Å². The Hall–Kier alpha value is -3.21. The molecule has 33 heavy (non-hydrogen) atoms. The first kappa shape index (κ1) is 23.0. The number of fused-ring (bicyclic) bond motifs is 1. The first-order valence-corrected chi connectivity index (χ1v) is 10.3. The monoisotopic (exact) mass is 466 g/mol. The summed E-state index contributed by atoms with van der Waals surface area (Å²) in [4.78, 5) is 25.4. The van der Waals surface area contributed by atoms with Gasteiger partial charge in [0.1, 0.15) is 5.82 Å². The fraction of sp³-hybridized carbons (Fsp3) is 0.409. The zero-order chi connectivity index (χ0) is 24.1. The van der Waals surface area contributed by atoms with Crippen LogP contribution in [0.4, 0.5) is 23.4 Å². The number of benzene rings is 1. The van der Waals surface area contributed by atoms with Crippen LogP contribution in [0.25, 0.3) is 10.8 Å². The minimum Gasteiger partial charge on any atom is -0.379 e. The largest absolute Gasteiger partial charge is 0.419 e. The fourth-order valence-corrected chi connectivity index (χ4v) is 4.08. The second-order valence-corrected chi connectivity index (χ2v) is 8.46. The van der Waals surface area contributed by atoms with Crippen LogP contribution in [-0.2, 0) is 23.5 Å². The zero-order valence-corrected chi connectivity index (χ0v) is 18.2.